The Bertz CT molecular complexity index is 464. The first kappa shape index (κ1) is 16.0. The van der Waals surface area contributed by atoms with Gasteiger partial charge in [0.1, 0.15) is 0 Å². The fourth-order valence-electron chi connectivity index (χ4n) is 1.77. The molecule has 0 saturated carbocycles. The Morgan fingerprint density at radius 2 is 1.89 bits per heavy atom. The zero-order chi connectivity index (χ0) is 14.5. The van der Waals surface area contributed by atoms with Gasteiger partial charge in [-0.25, -0.2) is 0 Å². The molecule has 0 spiro atoms. The normalized spacial score (nSPS) is 15.6. The highest BCUT2D eigenvalue weighted by molar-refractivity contribution is 7.58. The van der Waals surface area contributed by atoms with Crippen molar-refractivity contribution in [1.29, 1.82) is 0 Å². The molecule has 0 aliphatic carbocycles. The standard InChI is InChI=1S/C13H22NO4P/c1-5-18-19(4,15)13(14)9-10-6-7-11(16-2)12(8-10)17-3/h6-8,13H,5,9,14H2,1-4H3/t13-,19+/m1/s1. The summed E-state index contributed by atoms with van der Waals surface area (Å²) in [5.74, 6) is 0.768. The molecule has 0 aromatic heterocycles. The van der Waals surface area contributed by atoms with Gasteiger partial charge in [-0.2, -0.15) is 0 Å². The molecular weight excluding hydrogens is 265 g/mol. The van der Waals surface area contributed by atoms with Crippen LogP contribution in [0, 0.1) is 0 Å². The van der Waals surface area contributed by atoms with Crippen molar-refractivity contribution in [3.05, 3.63) is 23.8 Å². The zero-order valence-corrected chi connectivity index (χ0v) is 12.8. The van der Waals surface area contributed by atoms with Crippen LogP contribution < -0.4 is 15.2 Å². The van der Waals surface area contributed by atoms with Gasteiger partial charge in [-0.1, -0.05) is 6.07 Å². The van der Waals surface area contributed by atoms with Crippen LogP contribution in [-0.4, -0.2) is 33.3 Å². The molecule has 6 heteroatoms. The molecular formula is C13H22NO4P. The topological polar surface area (TPSA) is 70.8 Å². The summed E-state index contributed by atoms with van der Waals surface area (Å²) in [5, 5.41) is 0. The van der Waals surface area contributed by atoms with E-state index < -0.39 is 13.2 Å². The smallest absolute Gasteiger partial charge is 0.216 e. The molecule has 108 valence electrons. The average molecular weight is 287 g/mol. The number of ether oxygens (including phenoxy) is 2. The highest BCUT2D eigenvalue weighted by Gasteiger charge is 2.25. The van der Waals surface area contributed by atoms with Crippen LogP contribution in [0.4, 0.5) is 0 Å². The molecule has 1 rings (SSSR count). The molecule has 2 atom stereocenters. The van der Waals surface area contributed by atoms with E-state index in [4.69, 9.17) is 19.7 Å². The Hall–Kier alpha value is -1.03. The molecule has 0 unspecified atom stereocenters. The van der Waals surface area contributed by atoms with Crippen LogP contribution in [0.1, 0.15) is 12.5 Å². The van der Waals surface area contributed by atoms with Gasteiger partial charge < -0.3 is 19.7 Å². The molecule has 0 fully saturated rings. The molecule has 0 aliphatic heterocycles. The van der Waals surface area contributed by atoms with Crippen molar-refractivity contribution < 1.29 is 18.6 Å². The summed E-state index contributed by atoms with van der Waals surface area (Å²) >= 11 is 0. The number of rotatable bonds is 7. The van der Waals surface area contributed by atoms with E-state index in [0.717, 1.165) is 5.56 Å². The molecule has 0 aliphatic rings. The maximum Gasteiger partial charge on any atom is 0.216 e. The molecule has 19 heavy (non-hydrogen) atoms. The summed E-state index contributed by atoms with van der Waals surface area (Å²) in [4.78, 5) is 0. The second-order valence-electron chi connectivity index (χ2n) is 4.29. The molecule has 0 saturated heterocycles. The minimum absolute atomic E-state index is 0.396. The molecule has 1 aromatic carbocycles. The summed E-state index contributed by atoms with van der Waals surface area (Å²) in [7, 11) is 0.372. The number of hydrogen-bond acceptors (Lipinski definition) is 5. The van der Waals surface area contributed by atoms with Gasteiger partial charge in [0.2, 0.25) is 7.37 Å². The zero-order valence-electron chi connectivity index (χ0n) is 11.9. The fourth-order valence-corrected chi connectivity index (χ4v) is 3.01. The van der Waals surface area contributed by atoms with Crippen molar-refractivity contribution in [1.82, 2.24) is 0 Å². The Morgan fingerprint density at radius 1 is 1.26 bits per heavy atom. The molecule has 0 heterocycles. The Morgan fingerprint density at radius 3 is 2.42 bits per heavy atom. The van der Waals surface area contributed by atoms with Crippen molar-refractivity contribution in [2.45, 2.75) is 19.1 Å². The largest absolute Gasteiger partial charge is 0.493 e. The van der Waals surface area contributed by atoms with Gasteiger partial charge in [-0.05, 0) is 31.0 Å². The molecule has 1 aromatic rings. The lowest BCUT2D eigenvalue weighted by molar-refractivity contribution is 0.329. The van der Waals surface area contributed by atoms with E-state index in [-0.39, 0.29) is 0 Å². The van der Waals surface area contributed by atoms with Crippen molar-refractivity contribution in [2.24, 2.45) is 5.73 Å². The predicted molar refractivity (Wildman–Crippen MR) is 76.4 cm³/mol. The van der Waals surface area contributed by atoms with Crippen molar-refractivity contribution in [2.75, 3.05) is 27.5 Å². The molecule has 0 amide bonds. The van der Waals surface area contributed by atoms with Crippen molar-refractivity contribution in [3.8, 4) is 11.5 Å². The Balaban J connectivity index is 2.85. The summed E-state index contributed by atoms with van der Waals surface area (Å²) in [6, 6.07) is 5.53. The first-order chi connectivity index (χ1) is 8.94. The summed E-state index contributed by atoms with van der Waals surface area (Å²) in [5.41, 5.74) is 6.91. The average Bonchev–Trinajstić information content (AvgIpc) is 2.38. The number of hydrogen-bond donors (Lipinski definition) is 1. The van der Waals surface area contributed by atoms with E-state index in [2.05, 4.69) is 0 Å². The van der Waals surface area contributed by atoms with Crippen LogP contribution >= 0.6 is 7.37 Å². The highest BCUT2D eigenvalue weighted by atomic mass is 31.2. The second kappa shape index (κ2) is 6.94. The van der Waals surface area contributed by atoms with Crippen LogP contribution in [0.3, 0.4) is 0 Å². The van der Waals surface area contributed by atoms with E-state index in [9.17, 15) is 4.57 Å². The van der Waals surface area contributed by atoms with Crippen LogP contribution in [0.5, 0.6) is 11.5 Å². The number of benzene rings is 1. The lowest BCUT2D eigenvalue weighted by atomic mass is 10.1. The van der Waals surface area contributed by atoms with Crippen LogP contribution in [0.2, 0.25) is 0 Å². The van der Waals surface area contributed by atoms with E-state index in [1.165, 1.54) is 0 Å². The molecule has 2 N–H and O–H groups in total. The maximum atomic E-state index is 12.2. The van der Waals surface area contributed by atoms with Crippen LogP contribution in [0.15, 0.2) is 18.2 Å². The predicted octanol–water partition coefficient (Wildman–Crippen LogP) is 2.48. The highest BCUT2D eigenvalue weighted by Crippen LogP contribution is 2.46. The van der Waals surface area contributed by atoms with Crippen LogP contribution in [-0.2, 0) is 15.5 Å². The second-order valence-corrected chi connectivity index (χ2v) is 7.03. The van der Waals surface area contributed by atoms with Gasteiger partial charge >= 0.3 is 0 Å². The van der Waals surface area contributed by atoms with Gasteiger partial charge in [-0.15, -0.1) is 0 Å². The summed E-state index contributed by atoms with van der Waals surface area (Å²) in [6.45, 7) is 3.77. The van der Waals surface area contributed by atoms with Crippen LogP contribution in [0.25, 0.3) is 0 Å². The number of methoxy groups -OCH3 is 2. The summed E-state index contributed by atoms with van der Waals surface area (Å²) < 4.78 is 27.8. The minimum Gasteiger partial charge on any atom is -0.493 e. The Labute approximate surface area is 114 Å². The van der Waals surface area contributed by atoms with Crippen molar-refractivity contribution >= 4 is 7.37 Å². The maximum absolute atomic E-state index is 12.2. The monoisotopic (exact) mass is 287 g/mol. The van der Waals surface area contributed by atoms with Gasteiger partial charge in [-0.3, -0.25) is 4.57 Å². The molecule has 5 nitrogen and oxygen atoms in total. The minimum atomic E-state index is -2.79. The third-order valence-corrected chi connectivity index (χ3v) is 5.04. The van der Waals surface area contributed by atoms with Crippen molar-refractivity contribution in [3.63, 3.8) is 0 Å². The third-order valence-electron chi connectivity index (χ3n) is 2.88. The molecule has 0 bridgehead atoms. The van der Waals surface area contributed by atoms with Gasteiger partial charge in [0.05, 0.1) is 26.6 Å². The fraction of sp³-hybridized carbons (Fsp3) is 0.538. The quantitative estimate of drug-likeness (QED) is 0.780. The van der Waals surface area contributed by atoms with Gasteiger partial charge in [0.25, 0.3) is 0 Å². The lowest BCUT2D eigenvalue weighted by Crippen LogP contribution is -2.23. The van der Waals surface area contributed by atoms with E-state index in [1.807, 2.05) is 18.2 Å². The summed E-state index contributed by atoms with van der Waals surface area (Å²) in [6.07, 6.45) is 0.466. The number of nitrogens with two attached hydrogens (primary N) is 1. The van der Waals surface area contributed by atoms with E-state index in [1.54, 1.807) is 27.8 Å². The third kappa shape index (κ3) is 4.23. The van der Waals surface area contributed by atoms with E-state index >= 15 is 0 Å². The van der Waals surface area contributed by atoms with Gasteiger partial charge in [0, 0.05) is 6.66 Å². The first-order valence-corrected chi connectivity index (χ1v) is 8.27. The Kier molecular flexibility index (Phi) is 5.85. The SMILES string of the molecule is CCO[P@](C)(=O)[C@@H](N)Cc1ccc(OC)c(OC)c1. The first-order valence-electron chi connectivity index (χ1n) is 6.12. The molecule has 0 radical (unpaired) electrons. The van der Waals surface area contributed by atoms with E-state index in [0.29, 0.717) is 24.5 Å². The lowest BCUT2D eigenvalue weighted by Gasteiger charge is -2.20. The van der Waals surface area contributed by atoms with Gasteiger partial charge in [0.15, 0.2) is 11.5 Å².